The van der Waals surface area contributed by atoms with Gasteiger partial charge in [0.15, 0.2) is 0 Å². The van der Waals surface area contributed by atoms with Crippen LogP contribution in [0.5, 0.6) is 0 Å². The van der Waals surface area contributed by atoms with Crippen LogP contribution in [0.3, 0.4) is 0 Å². The second-order valence-electron chi connectivity index (χ2n) is 4.81. The number of thiol groups is 1. The van der Waals surface area contributed by atoms with Gasteiger partial charge < -0.3 is 10.4 Å². The van der Waals surface area contributed by atoms with Gasteiger partial charge in [0.1, 0.15) is 0 Å². The molecule has 0 atom stereocenters. The molecular formula is C12H21NO3S. The van der Waals surface area contributed by atoms with Gasteiger partial charge in [0, 0.05) is 24.1 Å². The molecule has 1 aliphatic rings. The molecule has 0 radical (unpaired) electrons. The minimum atomic E-state index is -0.851. The van der Waals surface area contributed by atoms with E-state index in [9.17, 15) is 9.59 Å². The van der Waals surface area contributed by atoms with Crippen molar-refractivity contribution in [3.05, 3.63) is 0 Å². The molecule has 0 aliphatic heterocycles. The Hall–Kier alpha value is -0.710. The molecule has 0 heterocycles. The highest BCUT2D eigenvalue weighted by atomic mass is 32.1. The van der Waals surface area contributed by atoms with Crippen molar-refractivity contribution in [3.63, 3.8) is 0 Å². The number of carboxylic acid groups (broad SMARTS) is 1. The number of carbonyl (C=O) groups excluding carboxylic acids is 1. The van der Waals surface area contributed by atoms with E-state index < -0.39 is 5.97 Å². The first kappa shape index (κ1) is 14.4. The van der Waals surface area contributed by atoms with Gasteiger partial charge in [-0.1, -0.05) is 19.3 Å². The van der Waals surface area contributed by atoms with Crippen LogP contribution in [-0.2, 0) is 9.59 Å². The Kier molecular flexibility index (Phi) is 5.82. The van der Waals surface area contributed by atoms with Crippen LogP contribution in [0, 0.1) is 0 Å². The predicted octanol–water partition coefficient (Wildman–Crippen LogP) is 1.99. The molecule has 0 bridgehead atoms. The maximum Gasteiger partial charge on any atom is 0.303 e. The third-order valence-corrected chi connectivity index (χ3v) is 3.80. The van der Waals surface area contributed by atoms with Crippen LogP contribution in [0.15, 0.2) is 0 Å². The van der Waals surface area contributed by atoms with E-state index in [1.165, 1.54) is 19.3 Å². The summed E-state index contributed by atoms with van der Waals surface area (Å²) in [5.74, 6) is -0.916. The second kappa shape index (κ2) is 6.89. The summed E-state index contributed by atoms with van der Waals surface area (Å²) in [7, 11) is 0. The summed E-state index contributed by atoms with van der Waals surface area (Å²) in [5.41, 5.74) is 0. The van der Waals surface area contributed by atoms with Crippen molar-refractivity contribution in [1.29, 1.82) is 0 Å². The molecule has 0 aromatic carbocycles. The highest BCUT2D eigenvalue weighted by Gasteiger charge is 2.28. The summed E-state index contributed by atoms with van der Waals surface area (Å²) in [4.78, 5) is 21.8. The van der Waals surface area contributed by atoms with Crippen molar-refractivity contribution in [2.75, 3.05) is 6.54 Å². The van der Waals surface area contributed by atoms with Crippen molar-refractivity contribution in [1.82, 2.24) is 5.32 Å². The van der Waals surface area contributed by atoms with E-state index in [0.717, 1.165) is 12.8 Å². The Morgan fingerprint density at radius 2 is 1.82 bits per heavy atom. The van der Waals surface area contributed by atoms with E-state index in [1.54, 1.807) is 0 Å². The van der Waals surface area contributed by atoms with E-state index in [4.69, 9.17) is 5.11 Å². The number of hydrogen-bond acceptors (Lipinski definition) is 3. The van der Waals surface area contributed by atoms with Crippen LogP contribution in [0.1, 0.15) is 51.4 Å². The van der Waals surface area contributed by atoms with Gasteiger partial charge in [0.25, 0.3) is 0 Å². The largest absolute Gasteiger partial charge is 0.481 e. The van der Waals surface area contributed by atoms with Gasteiger partial charge in [-0.05, 0) is 19.3 Å². The monoisotopic (exact) mass is 259 g/mol. The van der Waals surface area contributed by atoms with E-state index in [-0.39, 0.29) is 23.5 Å². The van der Waals surface area contributed by atoms with Crippen molar-refractivity contribution in [2.45, 2.75) is 56.1 Å². The smallest absolute Gasteiger partial charge is 0.303 e. The predicted molar refractivity (Wildman–Crippen MR) is 69.3 cm³/mol. The normalized spacial score (nSPS) is 18.6. The number of hydrogen-bond donors (Lipinski definition) is 3. The number of amides is 1. The minimum absolute atomic E-state index is 0.0549. The van der Waals surface area contributed by atoms with Gasteiger partial charge in [0.2, 0.25) is 5.91 Å². The zero-order chi connectivity index (χ0) is 12.7. The van der Waals surface area contributed by atoms with E-state index in [1.807, 2.05) is 0 Å². The molecule has 1 rings (SSSR count). The summed E-state index contributed by atoms with van der Waals surface area (Å²) in [5, 5.41) is 11.3. The Morgan fingerprint density at radius 3 is 2.41 bits per heavy atom. The van der Waals surface area contributed by atoms with Crippen LogP contribution in [0.4, 0.5) is 0 Å². The molecule has 0 unspecified atom stereocenters. The lowest BCUT2D eigenvalue weighted by atomic mass is 9.88. The van der Waals surface area contributed by atoms with Gasteiger partial charge in [-0.2, -0.15) is 12.6 Å². The first-order chi connectivity index (χ1) is 8.02. The van der Waals surface area contributed by atoms with Crippen molar-refractivity contribution in [3.8, 4) is 0 Å². The second-order valence-corrected chi connectivity index (χ2v) is 5.76. The number of rotatable bonds is 6. The van der Waals surface area contributed by atoms with Crippen molar-refractivity contribution >= 4 is 24.5 Å². The molecule has 5 heteroatoms. The molecule has 4 nitrogen and oxygen atoms in total. The lowest BCUT2D eigenvalue weighted by molar-refractivity contribution is -0.137. The molecule has 1 fully saturated rings. The summed E-state index contributed by atoms with van der Waals surface area (Å²) in [6, 6.07) is 0. The average molecular weight is 259 g/mol. The fourth-order valence-electron chi connectivity index (χ4n) is 2.14. The van der Waals surface area contributed by atoms with Crippen molar-refractivity contribution < 1.29 is 14.7 Å². The van der Waals surface area contributed by atoms with Crippen LogP contribution >= 0.6 is 12.6 Å². The Balaban J connectivity index is 2.16. The Morgan fingerprint density at radius 1 is 1.18 bits per heavy atom. The van der Waals surface area contributed by atoms with Gasteiger partial charge >= 0.3 is 5.97 Å². The van der Waals surface area contributed by atoms with E-state index in [0.29, 0.717) is 13.0 Å². The maximum absolute atomic E-state index is 11.5. The lowest BCUT2D eigenvalue weighted by Crippen LogP contribution is -2.40. The van der Waals surface area contributed by atoms with Crippen LogP contribution in [-0.4, -0.2) is 28.3 Å². The quantitative estimate of drug-likeness (QED) is 0.639. The first-order valence-electron chi connectivity index (χ1n) is 6.23. The third kappa shape index (κ3) is 5.96. The summed E-state index contributed by atoms with van der Waals surface area (Å²) in [6.45, 7) is 0.599. The first-order valence-corrected chi connectivity index (χ1v) is 6.67. The van der Waals surface area contributed by atoms with Crippen molar-refractivity contribution in [2.24, 2.45) is 0 Å². The van der Waals surface area contributed by atoms with Crippen LogP contribution in [0.2, 0.25) is 0 Å². The van der Waals surface area contributed by atoms with Crippen LogP contribution < -0.4 is 5.32 Å². The maximum atomic E-state index is 11.5. The molecule has 1 aliphatic carbocycles. The fraction of sp³-hybridized carbons (Fsp3) is 0.833. The zero-order valence-corrected chi connectivity index (χ0v) is 11.0. The van der Waals surface area contributed by atoms with Gasteiger partial charge in [0.05, 0.1) is 0 Å². The molecule has 17 heavy (non-hydrogen) atoms. The lowest BCUT2D eigenvalue weighted by Gasteiger charge is -2.32. The SMILES string of the molecule is O=C(O)CCCC(=O)NCC1(S)CCCCC1. The summed E-state index contributed by atoms with van der Waals surface area (Å²) < 4.78 is -0.0549. The summed E-state index contributed by atoms with van der Waals surface area (Å²) >= 11 is 4.64. The molecule has 2 N–H and O–H groups in total. The number of carboxylic acids is 1. The highest BCUT2D eigenvalue weighted by molar-refractivity contribution is 7.81. The molecule has 98 valence electrons. The van der Waals surface area contributed by atoms with Crippen LogP contribution in [0.25, 0.3) is 0 Å². The topological polar surface area (TPSA) is 66.4 Å². The number of carbonyl (C=O) groups is 2. The molecule has 1 saturated carbocycles. The zero-order valence-electron chi connectivity index (χ0n) is 10.1. The molecular weight excluding hydrogens is 238 g/mol. The molecule has 0 aromatic heterocycles. The molecule has 0 spiro atoms. The van der Waals surface area contributed by atoms with Gasteiger partial charge in [-0.3, -0.25) is 9.59 Å². The average Bonchev–Trinajstić information content (AvgIpc) is 2.27. The molecule has 1 amide bonds. The Labute approximate surface area is 108 Å². The number of aliphatic carboxylic acids is 1. The highest BCUT2D eigenvalue weighted by Crippen LogP contribution is 2.32. The third-order valence-electron chi connectivity index (χ3n) is 3.19. The minimum Gasteiger partial charge on any atom is -0.481 e. The van der Waals surface area contributed by atoms with Gasteiger partial charge in [-0.15, -0.1) is 0 Å². The van der Waals surface area contributed by atoms with E-state index in [2.05, 4.69) is 17.9 Å². The summed E-state index contributed by atoms with van der Waals surface area (Å²) in [6.07, 6.45) is 6.46. The van der Waals surface area contributed by atoms with Gasteiger partial charge in [-0.25, -0.2) is 0 Å². The number of nitrogens with one attached hydrogen (secondary N) is 1. The molecule has 0 aromatic rings. The fourth-order valence-corrected chi connectivity index (χ4v) is 2.53. The molecule has 0 saturated heterocycles. The standard InChI is InChI=1S/C12H21NO3S/c14-10(5-4-6-11(15)16)13-9-12(17)7-2-1-3-8-12/h17H,1-9H2,(H,13,14)(H,15,16). The Bertz CT molecular complexity index is 275. The van der Waals surface area contributed by atoms with E-state index >= 15 is 0 Å².